The first-order valence-corrected chi connectivity index (χ1v) is 7.93. The molecule has 116 valence electrons. The number of anilines is 1. The maximum absolute atomic E-state index is 11.8. The Kier molecular flexibility index (Phi) is 4.70. The first kappa shape index (κ1) is 15.3. The Labute approximate surface area is 137 Å². The molecule has 1 amide bonds. The van der Waals surface area contributed by atoms with Crippen molar-refractivity contribution in [3.05, 3.63) is 48.0 Å². The maximum atomic E-state index is 11.8. The molecule has 2 N–H and O–H groups in total. The van der Waals surface area contributed by atoms with Crippen LogP contribution in [0.4, 0.5) is 5.82 Å². The van der Waals surface area contributed by atoms with Gasteiger partial charge in [0.15, 0.2) is 5.82 Å². The molecule has 0 fully saturated rings. The number of aromatic nitrogens is 3. The van der Waals surface area contributed by atoms with Crippen molar-refractivity contribution in [2.75, 3.05) is 18.9 Å². The Morgan fingerprint density at radius 2 is 2.09 bits per heavy atom. The summed E-state index contributed by atoms with van der Waals surface area (Å²) in [7, 11) is 1.72. The smallest absolute Gasteiger partial charge is 0.239 e. The molecule has 3 aromatic rings. The van der Waals surface area contributed by atoms with Gasteiger partial charge in [0.2, 0.25) is 5.91 Å². The van der Waals surface area contributed by atoms with Gasteiger partial charge in [0.1, 0.15) is 5.82 Å². The largest absolute Gasteiger partial charge is 0.311 e. The summed E-state index contributed by atoms with van der Waals surface area (Å²) in [5.74, 6) is 0.877. The minimum atomic E-state index is -0.157. The van der Waals surface area contributed by atoms with Gasteiger partial charge in [0, 0.05) is 12.3 Å². The molecule has 0 bridgehead atoms. The van der Waals surface area contributed by atoms with Gasteiger partial charge >= 0.3 is 0 Å². The van der Waals surface area contributed by atoms with Crippen LogP contribution in [-0.2, 0) is 4.79 Å². The molecule has 23 heavy (non-hydrogen) atoms. The lowest BCUT2D eigenvalue weighted by Crippen LogP contribution is -2.25. The Morgan fingerprint density at radius 1 is 1.17 bits per heavy atom. The summed E-state index contributed by atoms with van der Waals surface area (Å²) in [4.78, 5) is 26.1. The summed E-state index contributed by atoms with van der Waals surface area (Å²) in [6, 6.07) is 11.2. The van der Waals surface area contributed by atoms with Gasteiger partial charge < -0.3 is 10.6 Å². The molecular weight excluding hydrogens is 310 g/mol. The Balaban J connectivity index is 2.02. The molecule has 0 radical (unpaired) electrons. The molecule has 0 aliphatic rings. The highest BCUT2D eigenvalue weighted by Crippen LogP contribution is 2.26. The Hall–Kier alpha value is -2.64. The van der Waals surface area contributed by atoms with Crippen LogP contribution in [0.2, 0.25) is 0 Å². The standard InChI is InChI=1S/C16H15N5OS/c1-17-10-15(22)20-14-9-12(11-5-2-3-7-18-11)19-16(21-14)13-6-4-8-23-13/h2-9,17H,10H2,1H3,(H,19,20,21,22). The van der Waals surface area contributed by atoms with Gasteiger partial charge in [-0.15, -0.1) is 11.3 Å². The van der Waals surface area contributed by atoms with E-state index in [1.54, 1.807) is 30.6 Å². The van der Waals surface area contributed by atoms with Gasteiger partial charge in [0.25, 0.3) is 0 Å². The predicted octanol–water partition coefficient (Wildman–Crippen LogP) is 2.42. The topological polar surface area (TPSA) is 79.8 Å². The molecule has 0 aliphatic heterocycles. The number of rotatable bonds is 5. The number of nitrogens with one attached hydrogen (secondary N) is 2. The van der Waals surface area contributed by atoms with Crippen LogP contribution in [0, 0.1) is 0 Å². The van der Waals surface area contributed by atoms with Crippen LogP contribution in [0.5, 0.6) is 0 Å². The summed E-state index contributed by atoms with van der Waals surface area (Å²) in [6.45, 7) is 0.220. The van der Waals surface area contributed by atoms with E-state index in [-0.39, 0.29) is 12.5 Å². The van der Waals surface area contributed by atoms with E-state index in [0.717, 1.165) is 10.6 Å². The second-order valence-electron chi connectivity index (χ2n) is 4.73. The van der Waals surface area contributed by atoms with Crippen LogP contribution in [0.25, 0.3) is 22.1 Å². The summed E-state index contributed by atoms with van der Waals surface area (Å²) < 4.78 is 0. The van der Waals surface area contributed by atoms with E-state index in [1.807, 2.05) is 35.7 Å². The van der Waals surface area contributed by atoms with Gasteiger partial charge in [-0.05, 0) is 30.6 Å². The molecule has 3 heterocycles. The van der Waals surface area contributed by atoms with E-state index in [4.69, 9.17) is 0 Å². The van der Waals surface area contributed by atoms with E-state index >= 15 is 0 Å². The van der Waals surface area contributed by atoms with Gasteiger partial charge in [0.05, 0.1) is 22.8 Å². The molecule has 0 spiro atoms. The van der Waals surface area contributed by atoms with Gasteiger partial charge in [-0.25, -0.2) is 9.97 Å². The highest BCUT2D eigenvalue weighted by atomic mass is 32.1. The molecule has 3 aromatic heterocycles. The molecule has 0 unspecified atom stereocenters. The monoisotopic (exact) mass is 325 g/mol. The van der Waals surface area contributed by atoms with Crippen LogP contribution in [0.3, 0.4) is 0 Å². The fraction of sp³-hybridized carbons (Fsp3) is 0.125. The van der Waals surface area contributed by atoms with Crippen molar-refractivity contribution in [2.45, 2.75) is 0 Å². The molecule has 7 heteroatoms. The fourth-order valence-corrected chi connectivity index (χ4v) is 2.68. The van der Waals surface area contributed by atoms with Crippen molar-refractivity contribution in [1.82, 2.24) is 20.3 Å². The third-order valence-electron chi connectivity index (χ3n) is 3.00. The molecule has 0 aliphatic carbocycles. The Bertz CT molecular complexity index is 789. The fourth-order valence-electron chi connectivity index (χ4n) is 2.02. The third-order valence-corrected chi connectivity index (χ3v) is 3.87. The van der Waals surface area contributed by atoms with E-state index in [2.05, 4.69) is 25.6 Å². The molecular formula is C16H15N5OS. The number of pyridine rings is 1. The summed E-state index contributed by atoms with van der Waals surface area (Å²) >= 11 is 1.55. The quantitative estimate of drug-likeness (QED) is 0.753. The number of carbonyl (C=O) groups excluding carboxylic acids is 1. The van der Waals surface area contributed by atoms with E-state index < -0.39 is 0 Å². The second kappa shape index (κ2) is 7.08. The molecule has 0 atom stereocenters. The summed E-state index contributed by atoms with van der Waals surface area (Å²) in [5.41, 5.74) is 1.40. The predicted molar refractivity (Wildman–Crippen MR) is 91.1 cm³/mol. The van der Waals surface area contributed by atoms with Crippen molar-refractivity contribution in [3.8, 4) is 22.1 Å². The first-order chi connectivity index (χ1) is 11.3. The van der Waals surface area contributed by atoms with Crippen molar-refractivity contribution in [1.29, 1.82) is 0 Å². The molecule has 0 aromatic carbocycles. The van der Waals surface area contributed by atoms with Gasteiger partial charge in [-0.3, -0.25) is 9.78 Å². The van der Waals surface area contributed by atoms with Crippen molar-refractivity contribution < 1.29 is 4.79 Å². The van der Waals surface area contributed by atoms with Crippen LogP contribution in [-0.4, -0.2) is 34.5 Å². The lowest BCUT2D eigenvalue weighted by molar-refractivity contribution is -0.115. The number of thiophene rings is 1. The molecule has 3 rings (SSSR count). The van der Waals surface area contributed by atoms with Crippen LogP contribution < -0.4 is 10.6 Å². The lowest BCUT2D eigenvalue weighted by Gasteiger charge is -2.08. The molecule has 6 nitrogen and oxygen atoms in total. The van der Waals surface area contributed by atoms with E-state index in [9.17, 15) is 4.79 Å². The molecule has 0 saturated heterocycles. The normalized spacial score (nSPS) is 10.5. The zero-order chi connectivity index (χ0) is 16.1. The average Bonchev–Trinajstić information content (AvgIpc) is 3.10. The number of likely N-dealkylation sites (N-methyl/N-ethyl adjacent to an activating group) is 1. The zero-order valence-corrected chi connectivity index (χ0v) is 13.3. The third kappa shape index (κ3) is 3.77. The van der Waals surface area contributed by atoms with E-state index in [1.165, 1.54) is 0 Å². The van der Waals surface area contributed by atoms with Gasteiger partial charge in [-0.2, -0.15) is 0 Å². The van der Waals surface area contributed by atoms with Crippen LogP contribution in [0.15, 0.2) is 48.0 Å². The number of hydrogen-bond donors (Lipinski definition) is 2. The SMILES string of the molecule is CNCC(=O)Nc1cc(-c2ccccn2)nc(-c2cccs2)n1. The Morgan fingerprint density at radius 3 is 2.78 bits per heavy atom. The van der Waals surface area contributed by atoms with Crippen LogP contribution >= 0.6 is 11.3 Å². The number of amides is 1. The zero-order valence-electron chi connectivity index (χ0n) is 12.5. The number of carbonyl (C=O) groups is 1. The summed E-state index contributed by atoms with van der Waals surface area (Å²) in [6.07, 6.45) is 1.71. The molecule has 0 saturated carbocycles. The minimum Gasteiger partial charge on any atom is -0.311 e. The van der Waals surface area contributed by atoms with Crippen LogP contribution in [0.1, 0.15) is 0 Å². The van der Waals surface area contributed by atoms with Crippen molar-refractivity contribution in [2.24, 2.45) is 0 Å². The maximum Gasteiger partial charge on any atom is 0.239 e. The number of nitrogens with zero attached hydrogens (tertiary/aromatic N) is 3. The van der Waals surface area contributed by atoms with Crippen molar-refractivity contribution in [3.63, 3.8) is 0 Å². The second-order valence-corrected chi connectivity index (χ2v) is 5.68. The van der Waals surface area contributed by atoms with E-state index in [0.29, 0.717) is 17.3 Å². The number of hydrogen-bond acceptors (Lipinski definition) is 6. The first-order valence-electron chi connectivity index (χ1n) is 7.05. The summed E-state index contributed by atoms with van der Waals surface area (Å²) in [5, 5.41) is 7.55. The van der Waals surface area contributed by atoms with Gasteiger partial charge in [-0.1, -0.05) is 12.1 Å². The lowest BCUT2D eigenvalue weighted by atomic mass is 10.2. The van der Waals surface area contributed by atoms with Crippen molar-refractivity contribution >= 4 is 23.1 Å². The minimum absolute atomic E-state index is 0.157. The average molecular weight is 325 g/mol. The highest BCUT2D eigenvalue weighted by molar-refractivity contribution is 7.13. The highest BCUT2D eigenvalue weighted by Gasteiger charge is 2.11.